The van der Waals surface area contributed by atoms with Crippen LogP contribution in [0.5, 0.6) is 0 Å². The summed E-state index contributed by atoms with van der Waals surface area (Å²) < 4.78 is 0. The van der Waals surface area contributed by atoms with Crippen molar-refractivity contribution in [1.82, 2.24) is 0 Å². The predicted octanol–water partition coefficient (Wildman–Crippen LogP) is 4.55. The van der Waals surface area contributed by atoms with Gasteiger partial charge in [0, 0.05) is 59.4 Å². The molecule has 54 heavy (non-hydrogen) atoms. The van der Waals surface area contributed by atoms with Gasteiger partial charge in [0.2, 0.25) is 0 Å². The molecule has 10 nitrogen and oxygen atoms in total. The van der Waals surface area contributed by atoms with Gasteiger partial charge < -0.3 is 39.6 Å². The molecular formula is C38H50Cl4N2O8Rh2. The Morgan fingerprint density at radius 2 is 0.630 bits per heavy atom. The molecule has 0 heterocycles. The van der Waals surface area contributed by atoms with Gasteiger partial charge in [-0.25, -0.2) is 0 Å². The average molecular weight is 1010 g/mol. The first-order chi connectivity index (χ1) is 23.7. The van der Waals surface area contributed by atoms with Crippen molar-refractivity contribution in [3.05, 3.63) is 70.8 Å². The van der Waals surface area contributed by atoms with Crippen LogP contribution in [-0.4, -0.2) is 34.6 Å². The summed E-state index contributed by atoms with van der Waals surface area (Å²) in [5.41, 5.74) is -0.413. The van der Waals surface area contributed by atoms with E-state index in [4.69, 9.17) is 56.9 Å². The number of halogens is 4. The summed E-state index contributed by atoms with van der Waals surface area (Å²) in [4.78, 5) is 44.1. The molecule has 2 aromatic carbocycles. The van der Waals surface area contributed by atoms with Gasteiger partial charge in [-0.05, 0) is 47.9 Å². The van der Waals surface area contributed by atoms with Gasteiger partial charge in [0.25, 0.3) is 0 Å². The van der Waals surface area contributed by atoms with E-state index in [1.165, 1.54) is 13.8 Å². The van der Waals surface area contributed by atoms with Gasteiger partial charge >= 0.3 is 39.0 Å². The topological polar surface area (TPSA) is 208 Å². The molecule has 0 saturated heterocycles. The van der Waals surface area contributed by atoms with Crippen molar-refractivity contribution in [2.24, 2.45) is 21.7 Å². The number of carbonyl (C=O) groups is 4. The van der Waals surface area contributed by atoms with Gasteiger partial charge in [-0.2, -0.15) is 10.5 Å². The molecule has 0 bridgehead atoms. The fraction of sp³-hybridized carbons (Fsp3) is 0.526. The van der Waals surface area contributed by atoms with E-state index >= 15 is 0 Å². The van der Waals surface area contributed by atoms with Gasteiger partial charge in [0.05, 0.1) is 22.8 Å². The summed E-state index contributed by atoms with van der Waals surface area (Å²) in [7, 11) is 0. The Hall–Kier alpha value is -2.29. The first-order valence-corrected chi connectivity index (χ1v) is 17.8. The van der Waals surface area contributed by atoms with E-state index < -0.39 is 45.5 Å². The third-order valence-corrected chi connectivity index (χ3v) is 6.78. The Kier molecular flexibility index (Phi) is 38.8. The molecule has 0 aliphatic rings. The Morgan fingerprint density at radius 1 is 0.500 bits per heavy atom. The number of nitrogens with zero attached hydrogens (tertiary/aromatic N) is 2. The molecule has 0 aliphatic carbocycles. The molecule has 2 aromatic rings. The van der Waals surface area contributed by atoms with Gasteiger partial charge in [-0.3, -0.25) is 0 Å². The Labute approximate surface area is 367 Å². The Bertz CT molecular complexity index is 1280. The monoisotopic (exact) mass is 1010 g/mol. The van der Waals surface area contributed by atoms with Crippen molar-refractivity contribution in [1.29, 1.82) is 10.5 Å². The van der Waals surface area contributed by atoms with Crippen LogP contribution in [0.15, 0.2) is 48.5 Å². The molecule has 0 aromatic heterocycles. The smallest absolute Gasteiger partial charge is 0.550 e. The number of carboxylic acid groups (broad SMARTS) is 4. The summed E-state index contributed by atoms with van der Waals surface area (Å²) in [5, 5.41) is 59.2. The minimum atomic E-state index is -1.10. The molecule has 0 N–H and O–H groups in total. The van der Waals surface area contributed by atoms with Gasteiger partial charge in [-0.1, -0.05) is 104 Å². The van der Waals surface area contributed by atoms with E-state index in [-0.39, 0.29) is 49.6 Å². The van der Waals surface area contributed by atoms with Gasteiger partial charge in [-0.15, -0.1) is 46.4 Å². The van der Waals surface area contributed by atoms with Gasteiger partial charge in [0.1, 0.15) is 0 Å². The molecule has 0 spiro atoms. The van der Waals surface area contributed by atoms with E-state index in [2.05, 4.69) is 0 Å². The third kappa shape index (κ3) is 31.0. The van der Waals surface area contributed by atoms with Crippen molar-refractivity contribution >= 4 is 70.3 Å². The maximum absolute atomic E-state index is 11.0. The summed E-state index contributed by atoms with van der Waals surface area (Å²) in [6.45, 7) is 15.8. The van der Waals surface area contributed by atoms with Crippen molar-refractivity contribution in [3.63, 3.8) is 0 Å². The number of alkyl halides is 4. The Morgan fingerprint density at radius 3 is 0.741 bits per heavy atom. The first-order valence-electron chi connectivity index (χ1n) is 15.6. The van der Waals surface area contributed by atoms with Crippen LogP contribution in [0, 0.1) is 44.3 Å². The molecular weight excluding hydrogens is 960 g/mol. The van der Waals surface area contributed by atoms with Crippen molar-refractivity contribution in [2.45, 2.75) is 94.9 Å². The normalized spacial score (nSPS) is 10.0. The average Bonchev–Trinajstić information content (AvgIpc) is 2.98. The number of hydrogen-bond acceptors (Lipinski definition) is 10. The van der Waals surface area contributed by atoms with Crippen LogP contribution in [0.1, 0.15) is 91.5 Å². The van der Waals surface area contributed by atoms with Crippen LogP contribution in [0.25, 0.3) is 0 Å². The van der Waals surface area contributed by atoms with Crippen LogP contribution in [0.3, 0.4) is 0 Å². The number of hydrogen-bond donors (Lipinski definition) is 0. The summed E-state index contributed by atoms with van der Waals surface area (Å²) >= 11 is 19.1. The zero-order chi connectivity index (χ0) is 41.9. The number of nitriles is 2. The molecule has 0 fully saturated rings. The van der Waals surface area contributed by atoms with E-state index in [0.29, 0.717) is 25.7 Å². The van der Waals surface area contributed by atoms with Crippen LogP contribution in [0.4, 0.5) is 0 Å². The number of rotatable bonds is 12. The maximum Gasteiger partial charge on any atom is 2.00 e. The van der Waals surface area contributed by atoms with Gasteiger partial charge in [0.15, 0.2) is 0 Å². The quantitative estimate of drug-likeness (QED) is 0.214. The second-order valence-corrected chi connectivity index (χ2v) is 15.3. The SMILES string of the molecule is CC#N.CC#N.CC(C)(Cc1cccc(CC(C)(C)C(=O)[O-])c1)C(=O)[O-].CC(C)(Cc1cccc(CC(C)(C)C(=O)[O-])c1)C(=O)[O-].ClCCl.ClCCl.[Rh+2].[Rh+2]. The van der Waals surface area contributed by atoms with Crippen LogP contribution >= 0.6 is 46.4 Å². The molecule has 0 aliphatic heterocycles. The molecule has 0 atom stereocenters. The van der Waals surface area contributed by atoms with Crippen LogP contribution in [-0.2, 0) is 83.8 Å². The second-order valence-electron chi connectivity index (χ2n) is 13.7. The van der Waals surface area contributed by atoms with E-state index in [0.717, 1.165) is 22.3 Å². The minimum absolute atomic E-state index is 0. The standard InChI is InChI=1S/2C16H22O4.2C2H3N.2CH2Cl2.2Rh/c2*1-15(2,13(17)18)9-11-6-5-7-12(8-11)10-16(3,4)14(19)20;2*1-2-3;2*2-1-3;;/h2*5-8H,9-10H2,1-4H3,(H,17,18)(H,19,20);2*1H3;2*1H2;;/q;;;;;;2*+2/p-4. The molecule has 2 radical (unpaired) electrons. The zero-order valence-electron chi connectivity index (χ0n) is 32.2. The summed E-state index contributed by atoms with van der Waals surface area (Å²) in [6.07, 6.45) is 1.37. The second kappa shape index (κ2) is 32.9. The van der Waals surface area contributed by atoms with Crippen LogP contribution in [0.2, 0.25) is 0 Å². The zero-order valence-corrected chi connectivity index (χ0v) is 38.5. The van der Waals surface area contributed by atoms with E-state index in [1.54, 1.807) is 79.7 Å². The number of benzene rings is 2. The molecule has 2 rings (SSSR count). The van der Waals surface area contributed by atoms with E-state index in [1.807, 2.05) is 36.4 Å². The molecule has 0 saturated carbocycles. The molecule has 0 unspecified atom stereocenters. The Balaban J connectivity index is -0.000000160. The van der Waals surface area contributed by atoms with Crippen molar-refractivity contribution < 1.29 is 78.6 Å². The molecule has 16 heteroatoms. The fourth-order valence-corrected chi connectivity index (χ4v) is 4.03. The largest absolute Gasteiger partial charge is 2.00 e. The predicted molar refractivity (Wildman–Crippen MR) is 199 cm³/mol. The number of aliphatic carboxylic acids is 4. The fourth-order valence-electron chi connectivity index (χ4n) is 4.03. The van der Waals surface area contributed by atoms with Crippen LogP contribution < -0.4 is 20.4 Å². The first kappa shape index (κ1) is 63.6. The number of carboxylic acids is 4. The molecule has 0 amide bonds. The summed E-state index contributed by atoms with van der Waals surface area (Å²) in [5.74, 6) is -4.40. The van der Waals surface area contributed by atoms with Crippen molar-refractivity contribution in [3.8, 4) is 12.1 Å². The number of carbonyl (C=O) groups excluding carboxylic acids is 4. The summed E-state index contributed by atoms with van der Waals surface area (Å²) in [6, 6.07) is 18.1. The minimum Gasteiger partial charge on any atom is -0.550 e. The van der Waals surface area contributed by atoms with E-state index in [9.17, 15) is 39.6 Å². The molecule has 306 valence electrons. The van der Waals surface area contributed by atoms with Crippen molar-refractivity contribution in [2.75, 3.05) is 10.7 Å². The maximum atomic E-state index is 11.0. The third-order valence-electron chi connectivity index (χ3n) is 6.78.